The molecule has 1 aliphatic rings. The zero-order valence-corrected chi connectivity index (χ0v) is 10.0. The highest BCUT2D eigenvalue weighted by molar-refractivity contribution is 5.95. The van der Waals surface area contributed by atoms with Crippen molar-refractivity contribution in [1.82, 2.24) is 4.90 Å². The van der Waals surface area contributed by atoms with Crippen molar-refractivity contribution in [2.24, 2.45) is 0 Å². The van der Waals surface area contributed by atoms with E-state index >= 15 is 0 Å². The van der Waals surface area contributed by atoms with Gasteiger partial charge in [0.05, 0.1) is 11.8 Å². The van der Waals surface area contributed by atoms with Gasteiger partial charge >= 0.3 is 0 Å². The Bertz CT molecular complexity index is 364. The highest BCUT2D eigenvalue weighted by Crippen LogP contribution is 2.25. The van der Waals surface area contributed by atoms with E-state index < -0.39 is 0 Å². The molecule has 1 amide bonds. The van der Waals surface area contributed by atoms with Gasteiger partial charge in [0.2, 0.25) is 0 Å². The summed E-state index contributed by atoms with van der Waals surface area (Å²) < 4.78 is 5.20. The highest BCUT2D eigenvalue weighted by Gasteiger charge is 2.27. The molecule has 1 aliphatic carbocycles. The van der Waals surface area contributed by atoms with Gasteiger partial charge in [0.1, 0.15) is 5.76 Å². The van der Waals surface area contributed by atoms with Gasteiger partial charge in [-0.2, -0.15) is 0 Å². The summed E-state index contributed by atoms with van der Waals surface area (Å²) in [5.41, 5.74) is 0.716. The lowest BCUT2D eigenvalue weighted by Crippen LogP contribution is -2.38. The van der Waals surface area contributed by atoms with Crippen LogP contribution in [0.5, 0.6) is 0 Å². The first-order valence-corrected chi connectivity index (χ1v) is 6.09. The average Bonchev–Trinajstić information content (AvgIpc) is 2.90. The van der Waals surface area contributed by atoms with Gasteiger partial charge < -0.3 is 9.32 Å². The van der Waals surface area contributed by atoms with Crippen LogP contribution in [0.2, 0.25) is 0 Å². The van der Waals surface area contributed by atoms with Crippen molar-refractivity contribution in [1.29, 1.82) is 0 Å². The second kappa shape index (κ2) is 4.73. The number of amides is 1. The fourth-order valence-corrected chi connectivity index (χ4v) is 2.55. The number of nitrogens with zero attached hydrogens (tertiary/aromatic N) is 1. The summed E-state index contributed by atoms with van der Waals surface area (Å²) in [6.45, 7) is 4.68. The van der Waals surface area contributed by atoms with Gasteiger partial charge in [-0.15, -0.1) is 0 Å². The topological polar surface area (TPSA) is 33.5 Å². The molecule has 0 saturated heterocycles. The summed E-state index contributed by atoms with van der Waals surface area (Å²) >= 11 is 0. The van der Waals surface area contributed by atoms with Crippen molar-refractivity contribution in [2.75, 3.05) is 6.54 Å². The molecule has 1 saturated carbocycles. The lowest BCUT2D eigenvalue weighted by molar-refractivity contribution is 0.0692. The van der Waals surface area contributed by atoms with Gasteiger partial charge in [0.25, 0.3) is 5.91 Å². The second-order valence-electron chi connectivity index (χ2n) is 4.42. The molecule has 0 bridgehead atoms. The van der Waals surface area contributed by atoms with Crippen molar-refractivity contribution in [3.63, 3.8) is 0 Å². The van der Waals surface area contributed by atoms with Crippen molar-refractivity contribution >= 4 is 5.91 Å². The van der Waals surface area contributed by atoms with E-state index in [9.17, 15) is 4.79 Å². The van der Waals surface area contributed by atoms with E-state index in [2.05, 4.69) is 0 Å². The number of rotatable bonds is 3. The van der Waals surface area contributed by atoms with Crippen LogP contribution in [-0.2, 0) is 0 Å². The number of hydrogen-bond acceptors (Lipinski definition) is 2. The quantitative estimate of drug-likeness (QED) is 0.786. The van der Waals surface area contributed by atoms with Crippen molar-refractivity contribution in [3.05, 3.63) is 23.7 Å². The highest BCUT2D eigenvalue weighted by atomic mass is 16.3. The molecule has 2 rings (SSSR count). The van der Waals surface area contributed by atoms with Crippen molar-refractivity contribution in [2.45, 2.75) is 45.6 Å². The van der Waals surface area contributed by atoms with Crippen LogP contribution in [0.4, 0.5) is 0 Å². The normalized spacial score (nSPS) is 16.6. The molecule has 0 aliphatic heterocycles. The van der Waals surface area contributed by atoms with Crippen LogP contribution >= 0.6 is 0 Å². The summed E-state index contributed by atoms with van der Waals surface area (Å²) in [4.78, 5) is 14.3. The van der Waals surface area contributed by atoms with Gasteiger partial charge in [-0.25, -0.2) is 0 Å². The first-order valence-electron chi connectivity index (χ1n) is 6.09. The molecule has 0 atom stereocenters. The van der Waals surface area contributed by atoms with Crippen LogP contribution < -0.4 is 0 Å². The number of hydrogen-bond donors (Lipinski definition) is 0. The number of carbonyl (C=O) groups excluding carboxylic acids is 1. The van der Waals surface area contributed by atoms with Crippen molar-refractivity contribution < 1.29 is 9.21 Å². The maximum atomic E-state index is 12.3. The van der Waals surface area contributed by atoms with Crippen LogP contribution in [0.15, 0.2) is 16.7 Å². The Balaban J connectivity index is 2.15. The molecule has 1 aromatic heterocycles. The molecule has 1 aromatic rings. The van der Waals surface area contributed by atoms with E-state index in [0.29, 0.717) is 11.6 Å². The summed E-state index contributed by atoms with van der Waals surface area (Å²) in [5.74, 6) is 0.849. The Labute approximate surface area is 96.4 Å². The number of aryl methyl sites for hydroxylation is 1. The molecule has 3 nitrogen and oxygen atoms in total. The van der Waals surface area contributed by atoms with E-state index in [4.69, 9.17) is 4.42 Å². The van der Waals surface area contributed by atoms with Crippen LogP contribution in [0.1, 0.15) is 48.7 Å². The van der Waals surface area contributed by atoms with Gasteiger partial charge in [-0.3, -0.25) is 4.79 Å². The Morgan fingerprint density at radius 3 is 2.69 bits per heavy atom. The molecule has 0 N–H and O–H groups in total. The van der Waals surface area contributed by atoms with Gasteiger partial charge in [-0.05, 0) is 32.8 Å². The van der Waals surface area contributed by atoms with Crippen LogP contribution in [0.25, 0.3) is 0 Å². The van der Waals surface area contributed by atoms with E-state index in [1.54, 1.807) is 12.3 Å². The summed E-state index contributed by atoms with van der Waals surface area (Å²) in [5, 5.41) is 0. The third-order valence-corrected chi connectivity index (χ3v) is 3.46. The minimum atomic E-state index is 0.126. The Morgan fingerprint density at radius 2 is 2.19 bits per heavy atom. The largest absolute Gasteiger partial charge is 0.469 e. The maximum Gasteiger partial charge on any atom is 0.257 e. The SMILES string of the molecule is CCN(C(=O)c1ccoc1C)C1CCCC1. The molecule has 0 spiro atoms. The Kier molecular flexibility index (Phi) is 3.32. The summed E-state index contributed by atoms with van der Waals surface area (Å²) in [6.07, 6.45) is 6.38. The Hall–Kier alpha value is -1.25. The van der Waals surface area contributed by atoms with E-state index in [-0.39, 0.29) is 5.91 Å². The average molecular weight is 221 g/mol. The molecule has 0 radical (unpaired) electrons. The number of carbonyl (C=O) groups is 1. The first-order chi connectivity index (χ1) is 7.74. The van der Waals surface area contributed by atoms with Crippen LogP contribution in [0.3, 0.4) is 0 Å². The fraction of sp³-hybridized carbons (Fsp3) is 0.615. The molecule has 1 fully saturated rings. The van der Waals surface area contributed by atoms with Gasteiger partial charge in [0.15, 0.2) is 0 Å². The lowest BCUT2D eigenvalue weighted by atomic mass is 10.1. The molecular weight excluding hydrogens is 202 g/mol. The van der Waals surface area contributed by atoms with E-state index in [1.807, 2.05) is 18.7 Å². The predicted molar refractivity (Wildman–Crippen MR) is 62.4 cm³/mol. The molecule has 3 heteroatoms. The fourth-order valence-electron chi connectivity index (χ4n) is 2.55. The van der Waals surface area contributed by atoms with Crippen LogP contribution in [-0.4, -0.2) is 23.4 Å². The molecular formula is C13H19NO2. The van der Waals surface area contributed by atoms with Gasteiger partial charge in [0, 0.05) is 12.6 Å². The molecule has 16 heavy (non-hydrogen) atoms. The minimum absolute atomic E-state index is 0.126. The molecule has 88 valence electrons. The van der Waals surface area contributed by atoms with Crippen LogP contribution in [0, 0.1) is 6.92 Å². The van der Waals surface area contributed by atoms with Crippen molar-refractivity contribution in [3.8, 4) is 0 Å². The third-order valence-electron chi connectivity index (χ3n) is 3.46. The number of furan rings is 1. The monoisotopic (exact) mass is 221 g/mol. The smallest absolute Gasteiger partial charge is 0.257 e. The first kappa shape index (κ1) is 11.2. The summed E-state index contributed by atoms with van der Waals surface area (Å²) in [6, 6.07) is 2.21. The van der Waals surface area contributed by atoms with E-state index in [1.165, 1.54) is 12.8 Å². The molecule has 1 heterocycles. The lowest BCUT2D eigenvalue weighted by Gasteiger charge is -2.27. The second-order valence-corrected chi connectivity index (χ2v) is 4.42. The van der Waals surface area contributed by atoms with Gasteiger partial charge in [-0.1, -0.05) is 12.8 Å². The van der Waals surface area contributed by atoms with E-state index in [0.717, 1.165) is 25.1 Å². The molecule has 0 unspecified atom stereocenters. The molecule has 0 aromatic carbocycles. The zero-order valence-electron chi connectivity index (χ0n) is 10.0. The maximum absolute atomic E-state index is 12.3. The zero-order chi connectivity index (χ0) is 11.5. The Morgan fingerprint density at radius 1 is 1.50 bits per heavy atom. The third kappa shape index (κ3) is 1.99. The summed E-state index contributed by atoms with van der Waals surface area (Å²) in [7, 11) is 0. The standard InChI is InChI=1S/C13H19NO2/c1-3-14(11-6-4-5-7-11)13(15)12-8-9-16-10(12)2/h8-9,11H,3-7H2,1-2H3. The minimum Gasteiger partial charge on any atom is -0.469 e. The predicted octanol–water partition coefficient (Wildman–Crippen LogP) is 2.99.